The maximum atomic E-state index is 13.6. The van der Waals surface area contributed by atoms with Crippen LogP contribution in [0.3, 0.4) is 0 Å². The monoisotopic (exact) mass is 495 g/mol. The molecular weight excluding hydrogens is 472 g/mol. The van der Waals surface area contributed by atoms with E-state index in [1.807, 2.05) is 25.1 Å². The molecule has 1 fully saturated rings. The summed E-state index contributed by atoms with van der Waals surface area (Å²) in [5.41, 5.74) is 1.29. The highest BCUT2D eigenvalue weighted by Gasteiger charge is 2.24. The highest BCUT2D eigenvalue weighted by atomic mass is 32.1. The van der Waals surface area contributed by atoms with Crippen molar-refractivity contribution in [3.05, 3.63) is 79.2 Å². The van der Waals surface area contributed by atoms with Crippen LogP contribution in [0.25, 0.3) is 17.3 Å². The number of thiazole rings is 1. The summed E-state index contributed by atoms with van der Waals surface area (Å²) in [6, 6.07) is 15.4. The summed E-state index contributed by atoms with van der Waals surface area (Å²) in [5, 5.41) is 9.94. The predicted molar refractivity (Wildman–Crippen MR) is 130 cm³/mol. The number of halogens is 2. The van der Waals surface area contributed by atoms with Crippen molar-refractivity contribution < 1.29 is 18.3 Å². The number of hydrogen-bond acceptors (Lipinski definition) is 5. The van der Waals surface area contributed by atoms with E-state index >= 15 is 0 Å². The van der Waals surface area contributed by atoms with Gasteiger partial charge in [-0.25, -0.2) is 0 Å². The second-order valence-electron chi connectivity index (χ2n) is 7.98. The normalized spacial score (nSPS) is 14.8. The Hall–Kier alpha value is -3.77. The van der Waals surface area contributed by atoms with Gasteiger partial charge in [0.15, 0.2) is 5.57 Å². The zero-order valence-corrected chi connectivity index (χ0v) is 19.9. The van der Waals surface area contributed by atoms with Gasteiger partial charge in [0.05, 0.1) is 10.2 Å². The summed E-state index contributed by atoms with van der Waals surface area (Å²) in [5.74, 6) is -0.494. The smallest absolute Gasteiger partial charge is 0.387 e. The van der Waals surface area contributed by atoms with Crippen LogP contribution < -0.4 is 19.5 Å². The maximum absolute atomic E-state index is 13.6. The Morgan fingerprint density at radius 1 is 1.17 bits per heavy atom. The number of aromatic nitrogens is 1. The lowest BCUT2D eigenvalue weighted by molar-refractivity contribution is -0.123. The molecule has 1 aromatic heterocycles. The van der Waals surface area contributed by atoms with Crippen molar-refractivity contribution >= 4 is 28.9 Å². The number of carbonyl (C=O) groups excluding carboxylic acids is 1. The molecule has 2 heterocycles. The van der Waals surface area contributed by atoms with E-state index in [0.29, 0.717) is 18.8 Å². The van der Waals surface area contributed by atoms with E-state index in [0.717, 1.165) is 36.2 Å². The van der Waals surface area contributed by atoms with E-state index in [9.17, 15) is 23.6 Å². The van der Waals surface area contributed by atoms with E-state index in [4.69, 9.17) is 0 Å². The summed E-state index contributed by atoms with van der Waals surface area (Å²) in [7, 11) is 0. The van der Waals surface area contributed by atoms with E-state index in [1.165, 1.54) is 16.7 Å². The number of benzene rings is 2. The molecular formula is C26H23F2N3O3S. The van der Waals surface area contributed by atoms with Gasteiger partial charge in [-0.3, -0.25) is 14.2 Å². The van der Waals surface area contributed by atoms with Gasteiger partial charge in [0, 0.05) is 18.7 Å². The molecule has 35 heavy (non-hydrogen) atoms. The number of rotatable bonds is 6. The Morgan fingerprint density at radius 3 is 2.49 bits per heavy atom. The fourth-order valence-corrected chi connectivity index (χ4v) is 5.06. The third kappa shape index (κ3) is 5.17. The number of ether oxygens (including phenoxy) is 1. The summed E-state index contributed by atoms with van der Waals surface area (Å²) in [4.78, 5) is 28.3. The molecule has 3 aromatic rings. The minimum absolute atomic E-state index is 0.0756. The molecule has 0 atom stereocenters. The third-order valence-corrected chi connectivity index (χ3v) is 6.87. The highest BCUT2D eigenvalue weighted by molar-refractivity contribution is 7.07. The molecule has 1 aliphatic rings. The number of nitrogens with zero attached hydrogens (tertiary/aromatic N) is 3. The van der Waals surface area contributed by atoms with E-state index < -0.39 is 18.1 Å². The number of para-hydroxylation sites is 1. The number of aryl methyl sites for hydroxylation is 1. The molecule has 1 amide bonds. The van der Waals surface area contributed by atoms with E-state index in [-0.39, 0.29) is 26.1 Å². The molecule has 0 N–H and O–H groups in total. The van der Waals surface area contributed by atoms with Crippen LogP contribution in [-0.4, -0.2) is 35.1 Å². The number of hydrogen-bond donors (Lipinski definition) is 0. The van der Waals surface area contributed by atoms with Crippen molar-refractivity contribution in [2.45, 2.75) is 32.8 Å². The number of carbonyl (C=O) groups is 1. The Labute approximate surface area is 204 Å². The molecule has 1 saturated heterocycles. The molecule has 0 saturated carbocycles. The van der Waals surface area contributed by atoms with Gasteiger partial charge in [-0.2, -0.15) is 14.0 Å². The average molecular weight is 496 g/mol. The van der Waals surface area contributed by atoms with Crippen LogP contribution >= 0.6 is 11.3 Å². The second kappa shape index (κ2) is 10.7. The quantitative estimate of drug-likeness (QED) is 0.527. The minimum Gasteiger partial charge on any atom is -0.434 e. The molecule has 0 spiro atoms. The van der Waals surface area contributed by atoms with Gasteiger partial charge in [0.2, 0.25) is 0 Å². The second-order valence-corrected chi connectivity index (χ2v) is 9.01. The van der Waals surface area contributed by atoms with Crippen molar-refractivity contribution in [3.63, 3.8) is 0 Å². The van der Waals surface area contributed by atoms with Gasteiger partial charge >= 0.3 is 6.61 Å². The van der Waals surface area contributed by atoms with Crippen LogP contribution in [0, 0.1) is 11.3 Å². The third-order valence-electron chi connectivity index (χ3n) is 5.78. The number of alkyl halides is 2. The average Bonchev–Trinajstić information content (AvgIpc) is 3.50. The van der Waals surface area contributed by atoms with Gasteiger partial charge in [-0.15, -0.1) is 11.3 Å². The number of amides is 1. The standard InChI is InChI=1S/C26H23F2N3O3S/c1-2-17-9-11-19(12-10-17)31-24(33)22(15-18-7-3-4-8-21(18)34-26(27)28)35-25(31)20(16-29)23(32)30-13-5-6-14-30/h3-4,7-12,15,26H,2,5-6,13-14H2,1H3/b22-15+,25-20-. The van der Waals surface area contributed by atoms with Crippen molar-refractivity contribution in [2.24, 2.45) is 0 Å². The van der Waals surface area contributed by atoms with Crippen LogP contribution in [0.15, 0.2) is 53.3 Å². The first-order valence-corrected chi connectivity index (χ1v) is 12.0. The topological polar surface area (TPSA) is 75.3 Å². The van der Waals surface area contributed by atoms with Crippen molar-refractivity contribution in [1.29, 1.82) is 5.26 Å². The van der Waals surface area contributed by atoms with Gasteiger partial charge in [0.25, 0.3) is 11.5 Å². The van der Waals surface area contributed by atoms with Gasteiger partial charge < -0.3 is 9.64 Å². The summed E-state index contributed by atoms with van der Waals surface area (Å²) >= 11 is 0.978. The molecule has 2 aromatic carbocycles. The molecule has 0 unspecified atom stereocenters. The molecule has 4 rings (SSSR count). The molecule has 0 bridgehead atoms. The zero-order chi connectivity index (χ0) is 24.9. The molecule has 0 aliphatic carbocycles. The molecule has 6 nitrogen and oxygen atoms in total. The Balaban J connectivity index is 1.99. The lowest BCUT2D eigenvalue weighted by Crippen LogP contribution is -2.35. The number of nitriles is 1. The zero-order valence-electron chi connectivity index (χ0n) is 19.0. The highest BCUT2D eigenvalue weighted by Crippen LogP contribution is 2.21. The van der Waals surface area contributed by atoms with Gasteiger partial charge in [-0.1, -0.05) is 37.3 Å². The first-order valence-electron chi connectivity index (χ1n) is 11.2. The molecule has 0 radical (unpaired) electrons. The van der Waals surface area contributed by atoms with Crippen molar-refractivity contribution in [2.75, 3.05) is 13.1 Å². The summed E-state index contributed by atoms with van der Waals surface area (Å²) in [6.45, 7) is 0.109. The first kappa shape index (κ1) is 24.4. The van der Waals surface area contributed by atoms with Crippen molar-refractivity contribution in [1.82, 2.24) is 9.47 Å². The van der Waals surface area contributed by atoms with Crippen LogP contribution in [0.5, 0.6) is 5.75 Å². The predicted octanol–water partition coefficient (Wildman–Crippen LogP) is 3.19. The fourth-order valence-electron chi connectivity index (χ4n) is 3.97. The van der Waals surface area contributed by atoms with Gasteiger partial charge in [-0.05, 0) is 49.1 Å². The molecule has 1 aliphatic heterocycles. The number of likely N-dealkylation sites (tertiary alicyclic amines) is 1. The lowest BCUT2D eigenvalue weighted by atomic mass is 10.1. The Morgan fingerprint density at radius 2 is 1.86 bits per heavy atom. The molecule has 9 heteroatoms. The minimum atomic E-state index is -3.02. The van der Waals surface area contributed by atoms with Crippen LogP contribution in [-0.2, 0) is 11.2 Å². The van der Waals surface area contributed by atoms with Crippen LogP contribution in [0.4, 0.5) is 8.78 Å². The van der Waals surface area contributed by atoms with Crippen molar-refractivity contribution in [3.8, 4) is 17.5 Å². The first-order chi connectivity index (χ1) is 16.9. The van der Waals surface area contributed by atoms with Crippen LogP contribution in [0.1, 0.15) is 30.9 Å². The van der Waals surface area contributed by atoms with Gasteiger partial charge in [0.1, 0.15) is 16.5 Å². The molecule has 180 valence electrons. The Bertz CT molecular complexity index is 1450. The summed E-state index contributed by atoms with van der Waals surface area (Å²) < 4.78 is 32.1. The van der Waals surface area contributed by atoms with E-state index in [1.54, 1.807) is 35.2 Å². The van der Waals surface area contributed by atoms with Crippen LogP contribution in [0.2, 0.25) is 0 Å². The fraction of sp³-hybridized carbons (Fsp3) is 0.269. The summed E-state index contributed by atoms with van der Waals surface area (Å²) in [6.07, 6.45) is 3.98. The largest absolute Gasteiger partial charge is 0.434 e. The maximum Gasteiger partial charge on any atom is 0.387 e. The lowest BCUT2D eigenvalue weighted by Gasteiger charge is -2.14. The SMILES string of the molecule is CCc1ccc(-n2c(=O)/c(=C\c3ccccc3OC(F)F)s/c2=C(/C#N)C(=O)N2CCCC2)cc1. The van der Waals surface area contributed by atoms with E-state index in [2.05, 4.69) is 4.74 Å². The Kier molecular flexibility index (Phi) is 7.42.